The number of halogens is 1. The highest BCUT2D eigenvalue weighted by molar-refractivity contribution is 6.05. The molecule has 1 aliphatic heterocycles. The van der Waals surface area contributed by atoms with Crippen LogP contribution in [-0.2, 0) is 13.6 Å². The normalized spacial score (nSPS) is 17.2. The second-order valence-corrected chi connectivity index (χ2v) is 9.34. The van der Waals surface area contributed by atoms with Crippen LogP contribution in [0.3, 0.4) is 0 Å². The van der Waals surface area contributed by atoms with E-state index in [0.29, 0.717) is 29.2 Å². The van der Waals surface area contributed by atoms with E-state index >= 15 is 0 Å². The van der Waals surface area contributed by atoms with Crippen molar-refractivity contribution in [3.05, 3.63) is 65.7 Å². The van der Waals surface area contributed by atoms with Gasteiger partial charge in [0.05, 0.1) is 23.4 Å². The van der Waals surface area contributed by atoms with Gasteiger partial charge >= 0.3 is 0 Å². The van der Waals surface area contributed by atoms with Crippen LogP contribution < -0.4 is 0 Å². The molecule has 1 aromatic heterocycles. The first-order valence-electron chi connectivity index (χ1n) is 10.7. The van der Waals surface area contributed by atoms with Crippen LogP contribution in [0.4, 0.5) is 4.39 Å². The largest absolute Gasteiger partial charge is 0.388 e. The van der Waals surface area contributed by atoms with E-state index in [4.69, 9.17) is 0 Å². The third-order valence-electron chi connectivity index (χ3n) is 6.36. The van der Waals surface area contributed by atoms with Crippen molar-refractivity contribution < 1.29 is 14.3 Å². The monoisotopic (exact) mass is 419 g/mol. The van der Waals surface area contributed by atoms with Crippen molar-refractivity contribution in [2.24, 2.45) is 13.0 Å². The Kier molecular flexibility index (Phi) is 4.52. The molecule has 1 fully saturated rings. The molecule has 0 spiro atoms. The maximum atomic E-state index is 14.5. The van der Waals surface area contributed by atoms with Crippen LogP contribution in [0.15, 0.2) is 48.8 Å². The van der Waals surface area contributed by atoms with Crippen molar-refractivity contribution in [1.82, 2.24) is 14.7 Å². The van der Waals surface area contributed by atoms with Gasteiger partial charge in [-0.1, -0.05) is 24.3 Å². The molecule has 0 unspecified atom stereocenters. The van der Waals surface area contributed by atoms with Crippen molar-refractivity contribution in [1.29, 1.82) is 0 Å². The molecule has 1 aliphatic carbocycles. The highest BCUT2D eigenvalue weighted by Gasteiger charge is 2.48. The molecule has 3 aromatic rings. The van der Waals surface area contributed by atoms with E-state index in [1.54, 1.807) is 29.6 Å². The minimum atomic E-state index is -1.01. The molecule has 0 radical (unpaired) electrons. The van der Waals surface area contributed by atoms with Crippen molar-refractivity contribution in [3.63, 3.8) is 0 Å². The van der Waals surface area contributed by atoms with Crippen molar-refractivity contribution in [2.45, 2.75) is 44.9 Å². The molecule has 0 saturated heterocycles. The molecule has 1 amide bonds. The molecular weight excluding hydrogens is 393 g/mol. The Hall–Kier alpha value is -2.99. The number of aromatic nitrogens is 2. The van der Waals surface area contributed by atoms with Crippen molar-refractivity contribution in [3.8, 4) is 22.3 Å². The lowest BCUT2D eigenvalue weighted by Gasteiger charge is -2.37. The van der Waals surface area contributed by atoms with Gasteiger partial charge in [-0.3, -0.25) is 9.48 Å². The summed E-state index contributed by atoms with van der Waals surface area (Å²) in [7, 11) is 1.87. The first kappa shape index (κ1) is 19.9. The summed E-state index contributed by atoms with van der Waals surface area (Å²) in [4.78, 5) is 15.2. The number of aryl methyl sites for hydroxylation is 1. The summed E-state index contributed by atoms with van der Waals surface area (Å²) in [6.45, 7) is 3.84. The highest BCUT2D eigenvalue weighted by Crippen LogP contribution is 2.44. The van der Waals surface area contributed by atoms with Crippen LogP contribution in [0.25, 0.3) is 22.3 Å². The van der Waals surface area contributed by atoms with Crippen LogP contribution in [0.2, 0.25) is 0 Å². The molecule has 2 heterocycles. The van der Waals surface area contributed by atoms with Gasteiger partial charge in [0, 0.05) is 25.4 Å². The van der Waals surface area contributed by atoms with Gasteiger partial charge < -0.3 is 10.0 Å². The summed E-state index contributed by atoms with van der Waals surface area (Å²) in [6.07, 6.45) is 5.74. The van der Waals surface area contributed by atoms with Gasteiger partial charge in [0.1, 0.15) is 5.82 Å². The average molecular weight is 420 g/mol. The minimum Gasteiger partial charge on any atom is -0.388 e. The smallest absolute Gasteiger partial charge is 0.255 e. The van der Waals surface area contributed by atoms with Crippen LogP contribution in [0, 0.1) is 11.7 Å². The zero-order chi connectivity index (χ0) is 21.9. The number of rotatable bonds is 5. The molecule has 1 saturated carbocycles. The maximum Gasteiger partial charge on any atom is 0.255 e. The summed E-state index contributed by atoms with van der Waals surface area (Å²) >= 11 is 0. The number of amides is 1. The van der Waals surface area contributed by atoms with E-state index in [1.165, 1.54) is 12.1 Å². The van der Waals surface area contributed by atoms with Gasteiger partial charge in [-0.05, 0) is 67.0 Å². The molecule has 5 rings (SSSR count). The van der Waals surface area contributed by atoms with E-state index in [0.717, 1.165) is 29.5 Å². The number of aliphatic hydroxyl groups is 1. The molecule has 1 atom stereocenters. The predicted octanol–water partition coefficient (Wildman–Crippen LogP) is 4.40. The van der Waals surface area contributed by atoms with Gasteiger partial charge in [0.25, 0.3) is 5.91 Å². The Morgan fingerprint density at radius 1 is 1.13 bits per heavy atom. The van der Waals surface area contributed by atoms with Crippen LogP contribution in [0.5, 0.6) is 0 Å². The summed E-state index contributed by atoms with van der Waals surface area (Å²) in [5.41, 5.74) is 3.63. The van der Waals surface area contributed by atoms with Crippen molar-refractivity contribution >= 4 is 5.91 Å². The first-order chi connectivity index (χ1) is 14.7. The summed E-state index contributed by atoms with van der Waals surface area (Å²) in [6, 6.07) is 10.4. The maximum absolute atomic E-state index is 14.5. The molecule has 160 valence electrons. The van der Waals surface area contributed by atoms with Crippen LogP contribution in [0.1, 0.15) is 42.6 Å². The Balaban J connectivity index is 1.53. The number of hydrogen-bond donors (Lipinski definition) is 1. The van der Waals surface area contributed by atoms with Gasteiger partial charge in [0.15, 0.2) is 0 Å². The van der Waals surface area contributed by atoms with Gasteiger partial charge in [0.2, 0.25) is 0 Å². The molecule has 1 N–H and O–H groups in total. The zero-order valence-corrected chi connectivity index (χ0v) is 18.0. The molecule has 5 nitrogen and oxygen atoms in total. The molecule has 31 heavy (non-hydrogen) atoms. The number of benzene rings is 2. The number of fused-ring (bicyclic) bond motifs is 1. The number of carbonyl (C=O) groups excluding carboxylic acids is 1. The topological polar surface area (TPSA) is 58.4 Å². The fourth-order valence-electron chi connectivity index (χ4n) is 4.93. The second-order valence-electron chi connectivity index (χ2n) is 9.34. The Bertz CT molecular complexity index is 1160. The van der Waals surface area contributed by atoms with Gasteiger partial charge in [-0.15, -0.1) is 0 Å². The van der Waals surface area contributed by atoms with E-state index in [-0.39, 0.29) is 17.8 Å². The third kappa shape index (κ3) is 3.55. The minimum absolute atomic E-state index is 0.125. The summed E-state index contributed by atoms with van der Waals surface area (Å²) in [5.74, 6) is -0.184. The molecule has 2 aliphatic rings. The molecule has 0 bridgehead atoms. The first-order valence-corrected chi connectivity index (χ1v) is 10.7. The van der Waals surface area contributed by atoms with Crippen LogP contribution >= 0.6 is 0 Å². The lowest BCUT2D eigenvalue weighted by Crippen LogP contribution is -2.51. The standard InChI is InChI=1S/C25H26FN3O2/c1-25(2,31)23(17-8-9-17)29-14-18-10-20(26)11-21(22(18)24(29)30)16-6-4-15(5-7-16)19-12-27-28(3)13-19/h4-7,10-13,17,23,31H,8-9,14H2,1-3H3/t23-/m1/s1. The number of nitrogens with zero attached hydrogens (tertiary/aromatic N) is 3. The predicted molar refractivity (Wildman–Crippen MR) is 117 cm³/mol. The fourth-order valence-corrected chi connectivity index (χ4v) is 4.93. The SMILES string of the molecule is Cn1cc(-c2ccc(-c3cc(F)cc4c3C(=O)N([C@H](C3CC3)C(C)(C)O)C4)cc2)cn1. The Morgan fingerprint density at radius 2 is 1.81 bits per heavy atom. The average Bonchev–Trinajstić information content (AvgIpc) is 3.35. The van der Waals surface area contributed by atoms with Crippen molar-refractivity contribution in [2.75, 3.05) is 0 Å². The molecule has 6 heteroatoms. The zero-order valence-electron chi connectivity index (χ0n) is 18.0. The number of hydrogen-bond acceptors (Lipinski definition) is 3. The summed E-state index contributed by atoms with van der Waals surface area (Å²) in [5, 5.41) is 15.0. The third-order valence-corrected chi connectivity index (χ3v) is 6.36. The number of carbonyl (C=O) groups is 1. The Morgan fingerprint density at radius 3 is 2.39 bits per heavy atom. The quantitative estimate of drug-likeness (QED) is 0.667. The van der Waals surface area contributed by atoms with Gasteiger partial charge in [-0.25, -0.2) is 4.39 Å². The molecule has 2 aromatic carbocycles. The lowest BCUT2D eigenvalue weighted by atomic mass is 9.92. The van der Waals surface area contributed by atoms with E-state index in [9.17, 15) is 14.3 Å². The van der Waals surface area contributed by atoms with E-state index in [1.807, 2.05) is 37.5 Å². The molecular formula is C25H26FN3O2. The van der Waals surface area contributed by atoms with E-state index in [2.05, 4.69) is 5.10 Å². The highest BCUT2D eigenvalue weighted by atomic mass is 19.1. The lowest BCUT2D eigenvalue weighted by molar-refractivity contribution is -0.0224. The second kappa shape index (κ2) is 7.02. The Labute approximate surface area is 181 Å². The fraction of sp³-hybridized carbons (Fsp3) is 0.360. The van der Waals surface area contributed by atoms with E-state index < -0.39 is 5.60 Å². The summed E-state index contributed by atoms with van der Waals surface area (Å²) < 4.78 is 16.3. The van der Waals surface area contributed by atoms with Crippen LogP contribution in [-0.4, -0.2) is 37.3 Å². The van der Waals surface area contributed by atoms with Gasteiger partial charge in [-0.2, -0.15) is 5.10 Å².